The molecule has 23 heavy (non-hydrogen) atoms. The molecular formula is C17H22N2O3S. The Bertz CT molecular complexity index is 725. The van der Waals surface area contributed by atoms with Crippen molar-refractivity contribution in [1.82, 2.24) is 9.21 Å². The summed E-state index contributed by atoms with van der Waals surface area (Å²) >= 11 is 0. The first-order valence-corrected chi connectivity index (χ1v) is 9.94. The van der Waals surface area contributed by atoms with E-state index in [4.69, 9.17) is 0 Å². The van der Waals surface area contributed by atoms with Crippen LogP contribution in [0.25, 0.3) is 0 Å². The molecule has 1 aliphatic carbocycles. The first-order valence-electron chi connectivity index (χ1n) is 8.43. The highest BCUT2D eigenvalue weighted by Gasteiger charge is 2.43. The van der Waals surface area contributed by atoms with Crippen molar-refractivity contribution in [2.45, 2.75) is 43.4 Å². The number of fused-ring (bicyclic) bond motifs is 3. The molecule has 2 heterocycles. The average Bonchev–Trinajstić information content (AvgIpc) is 3.10. The molecule has 5 nitrogen and oxygen atoms in total. The second-order valence-corrected chi connectivity index (χ2v) is 9.01. The van der Waals surface area contributed by atoms with E-state index < -0.39 is 10.0 Å². The molecule has 3 aliphatic rings. The molecule has 0 N–H and O–H groups in total. The van der Waals surface area contributed by atoms with Gasteiger partial charge in [-0.1, -0.05) is 37.1 Å². The summed E-state index contributed by atoms with van der Waals surface area (Å²) in [6.45, 7) is 1.11. The molecule has 2 fully saturated rings. The van der Waals surface area contributed by atoms with Crippen LogP contribution in [0.15, 0.2) is 24.3 Å². The first kappa shape index (κ1) is 15.1. The molecule has 6 heteroatoms. The predicted molar refractivity (Wildman–Crippen MR) is 87.3 cm³/mol. The fourth-order valence-electron chi connectivity index (χ4n) is 4.24. The third kappa shape index (κ3) is 2.48. The van der Waals surface area contributed by atoms with Gasteiger partial charge in [0.15, 0.2) is 0 Å². The molecule has 2 aliphatic heterocycles. The van der Waals surface area contributed by atoms with E-state index in [1.165, 1.54) is 9.87 Å². The summed E-state index contributed by atoms with van der Waals surface area (Å²) in [5, 5.41) is -0.291. The fraction of sp³-hybridized carbons (Fsp3) is 0.588. The maximum atomic E-state index is 12.9. The van der Waals surface area contributed by atoms with Crippen molar-refractivity contribution >= 4 is 15.9 Å². The topological polar surface area (TPSA) is 57.7 Å². The van der Waals surface area contributed by atoms with Crippen LogP contribution in [0.2, 0.25) is 0 Å². The first-order chi connectivity index (χ1) is 11.1. The van der Waals surface area contributed by atoms with Crippen LogP contribution in [0.3, 0.4) is 0 Å². The fourth-order valence-corrected chi connectivity index (χ4v) is 6.23. The van der Waals surface area contributed by atoms with Crippen molar-refractivity contribution < 1.29 is 13.2 Å². The van der Waals surface area contributed by atoms with E-state index in [9.17, 15) is 13.2 Å². The molecule has 4 rings (SSSR count). The zero-order chi connectivity index (χ0) is 16.0. The molecular weight excluding hydrogens is 312 g/mol. The zero-order valence-corrected chi connectivity index (χ0v) is 14.0. The quantitative estimate of drug-likeness (QED) is 0.827. The number of carbonyl (C=O) groups is 1. The van der Waals surface area contributed by atoms with Crippen LogP contribution in [-0.4, -0.2) is 48.4 Å². The van der Waals surface area contributed by atoms with Crippen molar-refractivity contribution in [2.75, 3.05) is 19.6 Å². The number of hydrogen-bond acceptors (Lipinski definition) is 3. The Labute approximate surface area is 137 Å². The van der Waals surface area contributed by atoms with Gasteiger partial charge in [-0.3, -0.25) is 4.79 Å². The van der Waals surface area contributed by atoms with E-state index in [1.807, 2.05) is 23.1 Å². The SMILES string of the molecule is O=C1CN(S(=O)(=O)C2CCCC2)CC2c3ccccc3CCN12. The second-order valence-electron chi connectivity index (χ2n) is 6.80. The van der Waals surface area contributed by atoms with Gasteiger partial charge in [-0.2, -0.15) is 4.31 Å². The number of amides is 1. The molecule has 1 saturated carbocycles. The molecule has 0 spiro atoms. The van der Waals surface area contributed by atoms with Gasteiger partial charge in [-0.25, -0.2) is 8.42 Å². The Morgan fingerprint density at radius 2 is 1.83 bits per heavy atom. The largest absolute Gasteiger partial charge is 0.333 e. The number of benzene rings is 1. The molecule has 1 amide bonds. The van der Waals surface area contributed by atoms with Crippen LogP contribution in [0.5, 0.6) is 0 Å². The van der Waals surface area contributed by atoms with Gasteiger partial charge in [0.1, 0.15) is 0 Å². The van der Waals surface area contributed by atoms with Gasteiger partial charge >= 0.3 is 0 Å². The van der Waals surface area contributed by atoms with Crippen LogP contribution < -0.4 is 0 Å². The lowest BCUT2D eigenvalue weighted by atomic mass is 9.91. The number of nitrogens with zero attached hydrogens (tertiary/aromatic N) is 2. The normalized spacial score (nSPS) is 26.2. The van der Waals surface area contributed by atoms with Crippen molar-refractivity contribution in [2.24, 2.45) is 0 Å². The van der Waals surface area contributed by atoms with E-state index in [0.717, 1.165) is 37.7 Å². The smallest absolute Gasteiger partial charge is 0.238 e. The molecule has 1 atom stereocenters. The summed E-state index contributed by atoms with van der Waals surface area (Å²) in [6.07, 6.45) is 4.28. The van der Waals surface area contributed by atoms with Crippen molar-refractivity contribution in [3.05, 3.63) is 35.4 Å². The lowest BCUT2D eigenvalue weighted by Crippen LogP contribution is -2.56. The number of hydrogen-bond donors (Lipinski definition) is 0. The van der Waals surface area contributed by atoms with E-state index >= 15 is 0 Å². The Morgan fingerprint density at radius 3 is 2.61 bits per heavy atom. The van der Waals surface area contributed by atoms with Crippen LogP contribution in [-0.2, 0) is 21.2 Å². The summed E-state index contributed by atoms with van der Waals surface area (Å²) < 4.78 is 27.2. The average molecular weight is 334 g/mol. The van der Waals surface area contributed by atoms with Crippen LogP contribution >= 0.6 is 0 Å². The van der Waals surface area contributed by atoms with Gasteiger partial charge in [-0.05, 0) is 30.4 Å². The Morgan fingerprint density at radius 1 is 1.09 bits per heavy atom. The Balaban J connectivity index is 1.66. The molecule has 1 aromatic rings. The number of carbonyl (C=O) groups excluding carboxylic acids is 1. The monoisotopic (exact) mass is 334 g/mol. The summed E-state index contributed by atoms with van der Waals surface area (Å²) in [5.74, 6) is -0.0580. The van der Waals surface area contributed by atoms with Gasteiger partial charge in [0.05, 0.1) is 17.8 Å². The highest BCUT2D eigenvalue weighted by atomic mass is 32.2. The summed E-state index contributed by atoms with van der Waals surface area (Å²) in [7, 11) is -3.36. The van der Waals surface area contributed by atoms with Gasteiger partial charge < -0.3 is 4.90 Å². The van der Waals surface area contributed by atoms with Crippen LogP contribution in [0.4, 0.5) is 0 Å². The van der Waals surface area contributed by atoms with E-state index in [1.54, 1.807) is 0 Å². The second kappa shape index (κ2) is 5.60. The third-order valence-corrected chi connectivity index (χ3v) is 7.82. The number of rotatable bonds is 2. The van der Waals surface area contributed by atoms with E-state index in [2.05, 4.69) is 6.07 Å². The van der Waals surface area contributed by atoms with Gasteiger partial charge in [0.2, 0.25) is 15.9 Å². The molecule has 0 aromatic heterocycles. The summed E-state index contributed by atoms with van der Waals surface area (Å²) in [5.41, 5.74) is 2.35. The van der Waals surface area contributed by atoms with Gasteiger partial charge in [0, 0.05) is 13.1 Å². The Kier molecular flexibility index (Phi) is 3.69. The number of sulfonamides is 1. The summed E-state index contributed by atoms with van der Waals surface area (Å²) in [4.78, 5) is 14.4. The molecule has 1 aromatic carbocycles. The standard InChI is InChI=1S/C17H22N2O3S/c20-17-12-18(23(21,22)14-6-2-3-7-14)11-16-15-8-4-1-5-13(15)9-10-19(16)17/h1,4-5,8,14,16H,2-3,6-7,9-12H2. The zero-order valence-electron chi connectivity index (χ0n) is 13.1. The minimum Gasteiger partial charge on any atom is -0.333 e. The van der Waals surface area contributed by atoms with Crippen LogP contribution in [0.1, 0.15) is 42.9 Å². The minimum absolute atomic E-state index is 0.0114. The number of piperazine rings is 1. The van der Waals surface area contributed by atoms with Crippen molar-refractivity contribution in [1.29, 1.82) is 0 Å². The molecule has 0 bridgehead atoms. The van der Waals surface area contributed by atoms with Crippen molar-refractivity contribution in [3.63, 3.8) is 0 Å². The van der Waals surface area contributed by atoms with Gasteiger partial charge in [-0.15, -0.1) is 0 Å². The van der Waals surface area contributed by atoms with Crippen LogP contribution in [0, 0.1) is 0 Å². The molecule has 0 radical (unpaired) electrons. The highest BCUT2D eigenvalue weighted by Crippen LogP contribution is 2.36. The minimum atomic E-state index is -3.36. The molecule has 1 saturated heterocycles. The highest BCUT2D eigenvalue weighted by molar-refractivity contribution is 7.89. The van der Waals surface area contributed by atoms with Crippen molar-refractivity contribution in [3.8, 4) is 0 Å². The summed E-state index contributed by atoms with van der Waals surface area (Å²) in [6, 6.07) is 7.97. The van der Waals surface area contributed by atoms with Gasteiger partial charge in [0.25, 0.3) is 0 Å². The molecule has 1 unspecified atom stereocenters. The Hall–Kier alpha value is -1.40. The lowest BCUT2D eigenvalue weighted by molar-refractivity contribution is -0.138. The maximum absolute atomic E-state index is 12.9. The third-order valence-electron chi connectivity index (χ3n) is 5.50. The van der Waals surface area contributed by atoms with E-state index in [0.29, 0.717) is 13.1 Å². The lowest BCUT2D eigenvalue weighted by Gasteiger charge is -2.44. The molecule has 124 valence electrons. The maximum Gasteiger partial charge on any atom is 0.238 e. The predicted octanol–water partition coefficient (Wildman–Crippen LogP) is 1.70. The van der Waals surface area contributed by atoms with E-state index in [-0.39, 0.29) is 23.7 Å².